The number of aromatic nitrogens is 10. The van der Waals surface area contributed by atoms with E-state index in [4.69, 9.17) is 29.9 Å². The van der Waals surface area contributed by atoms with E-state index in [-0.39, 0.29) is 0 Å². The number of fused-ring (bicyclic) bond motifs is 20. The van der Waals surface area contributed by atoms with Crippen LogP contribution in [0.4, 0.5) is 0 Å². The average molecular weight is 1490 g/mol. The molecule has 0 atom stereocenters. The normalized spacial score (nSPS) is 11.9. The number of benzene rings is 16. The number of hydrogen-bond acceptors (Lipinski definition) is 8. The molecule has 0 aliphatic carbocycles. The van der Waals surface area contributed by atoms with Gasteiger partial charge < -0.3 is 18.3 Å². The van der Waals surface area contributed by atoms with Crippen molar-refractivity contribution in [2.45, 2.75) is 0 Å². The van der Waals surface area contributed by atoms with Crippen LogP contribution in [0.2, 0.25) is 0 Å². The lowest BCUT2D eigenvalue weighted by Crippen LogP contribution is -2.01. The van der Waals surface area contributed by atoms with Gasteiger partial charge in [-0.2, -0.15) is 0 Å². The standard InChI is InChI=1S/2C51H31N5S/c1-3-14-32(15-4-1)49-52-50(33-16-5-2-6-17-33)54-51(53-49)34-18-13-19-35(30-34)55-42-23-10-7-20-37(42)41-31-36(26-28-44(41)55)56-43-24-11-8-22-40(43)47-45(56)29-27-39-38-21-9-12-25-46(38)57-48(39)47;1-3-13-32(14-4-1)49-52-50(33-15-5-2-6-16-33)54-51(53-49)34-23-25-35(26-24-34)55-42-20-10-7-17-37(42)41-31-36(27-29-44(41)55)56-43-21-11-8-19-40(43)47-45(56)30-28-39-38-18-9-12-22-46(38)57-48(39)47/h2*1-31H. The van der Waals surface area contributed by atoms with Gasteiger partial charge in [0.05, 0.1) is 44.1 Å². The molecule has 0 saturated carbocycles. The SMILES string of the molecule is c1ccc(-c2nc(-c3ccccc3)nc(-c3ccc(-n4c5ccccc5c5cc(-n6c7ccccc7c7c8sc9ccccc9c8ccc76)ccc54)cc3)n2)cc1.c1ccc(-c2nc(-c3ccccc3)nc(-c3cccc(-n4c5ccccc5c5cc(-n6c7ccccc7c7c8sc9ccccc9c8ccc76)ccc54)c3)n2)cc1. The summed E-state index contributed by atoms with van der Waals surface area (Å²) in [4.78, 5) is 29.8. The molecular weight excluding hydrogens is 1430 g/mol. The Morgan fingerprint density at radius 3 is 0.860 bits per heavy atom. The van der Waals surface area contributed by atoms with Gasteiger partial charge in [-0.05, 0) is 121 Å². The van der Waals surface area contributed by atoms with E-state index >= 15 is 0 Å². The molecule has 0 aliphatic heterocycles. The Balaban J connectivity index is 0.000000135. The van der Waals surface area contributed by atoms with Gasteiger partial charge in [0.2, 0.25) is 0 Å². The number of rotatable bonds is 10. The van der Waals surface area contributed by atoms with Crippen LogP contribution in [0.5, 0.6) is 0 Å². The van der Waals surface area contributed by atoms with Crippen molar-refractivity contribution in [2.24, 2.45) is 0 Å². The first-order valence-electron chi connectivity index (χ1n) is 38.2. The van der Waals surface area contributed by atoms with Gasteiger partial charge >= 0.3 is 0 Å². The minimum absolute atomic E-state index is 0.631. The van der Waals surface area contributed by atoms with E-state index in [1.807, 2.05) is 144 Å². The lowest BCUT2D eigenvalue weighted by atomic mass is 10.1. The lowest BCUT2D eigenvalue weighted by Gasteiger charge is -2.12. The Morgan fingerprint density at radius 1 is 0.167 bits per heavy atom. The van der Waals surface area contributed by atoms with E-state index in [1.165, 1.54) is 106 Å². The first-order chi connectivity index (χ1) is 56.5. The predicted molar refractivity (Wildman–Crippen MR) is 475 cm³/mol. The molecule has 10 nitrogen and oxygen atoms in total. The Morgan fingerprint density at radius 2 is 0.447 bits per heavy atom. The van der Waals surface area contributed by atoms with Crippen molar-refractivity contribution in [3.05, 3.63) is 376 Å². The van der Waals surface area contributed by atoms with Gasteiger partial charge in [0.15, 0.2) is 34.9 Å². The third-order valence-corrected chi connectivity index (χ3v) is 24.7. The van der Waals surface area contributed by atoms with E-state index in [9.17, 15) is 0 Å². The van der Waals surface area contributed by atoms with E-state index in [1.54, 1.807) is 0 Å². The van der Waals surface area contributed by atoms with Crippen LogP contribution in [0.15, 0.2) is 376 Å². The van der Waals surface area contributed by atoms with Crippen LogP contribution in [0.1, 0.15) is 0 Å². The molecule has 114 heavy (non-hydrogen) atoms. The third-order valence-electron chi connectivity index (χ3n) is 22.3. The summed E-state index contributed by atoms with van der Waals surface area (Å²) in [5.41, 5.74) is 19.5. The monoisotopic (exact) mass is 1490 g/mol. The van der Waals surface area contributed by atoms with Crippen molar-refractivity contribution in [2.75, 3.05) is 0 Å². The van der Waals surface area contributed by atoms with Gasteiger partial charge in [-0.15, -0.1) is 22.7 Å². The molecule has 0 aliphatic rings. The maximum Gasteiger partial charge on any atom is 0.164 e. The molecule has 24 rings (SSSR count). The van der Waals surface area contributed by atoms with E-state index in [2.05, 4.69) is 273 Å². The van der Waals surface area contributed by atoms with Crippen molar-refractivity contribution < 1.29 is 0 Å². The second-order valence-electron chi connectivity index (χ2n) is 28.9. The van der Waals surface area contributed by atoms with Gasteiger partial charge in [-0.25, -0.2) is 29.9 Å². The second-order valence-corrected chi connectivity index (χ2v) is 31.0. The average Bonchev–Trinajstić information content (AvgIpc) is 1.56. The summed E-state index contributed by atoms with van der Waals surface area (Å²) < 4.78 is 14.9. The van der Waals surface area contributed by atoms with E-state index < -0.39 is 0 Å². The van der Waals surface area contributed by atoms with Gasteiger partial charge in [0.25, 0.3) is 0 Å². The van der Waals surface area contributed by atoms with Crippen LogP contribution < -0.4 is 0 Å². The van der Waals surface area contributed by atoms with Gasteiger partial charge in [0.1, 0.15) is 0 Å². The maximum absolute atomic E-state index is 5.03. The van der Waals surface area contributed by atoms with Crippen LogP contribution >= 0.6 is 22.7 Å². The molecule has 532 valence electrons. The third kappa shape index (κ3) is 10.6. The fraction of sp³-hybridized carbons (Fsp3) is 0. The number of nitrogens with zero attached hydrogens (tertiary/aromatic N) is 10. The highest BCUT2D eigenvalue weighted by atomic mass is 32.1. The molecular formula is C102H62N10S2. The molecule has 0 amide bonds. The summed E-state index contributed by atoms with van der Waals surface area (Å²) >= 11 is 3.78. The summed E-state index contributed by atoms with van der Waals surface area (Å²) in [6, 6.07) is 133. The van der Waals surface area contributed by atoms with Crippen molar-refractivity contribution >= 4 is 150 Å². The van der Waals surface area contributed by atoms with Gasteiger partial charge in [-0.3, -0.25) is 0 Å². The summed E-state index contributed by atoms with van der Waals surface area (Å²) in [6.07, 6.45) is 0. The summed E-state index contributed by atoms with van der Waals surface area (Å²) in [5, 5.41) is 15.3. The Hall–Kier alpha value is -14.8. The highest BCUT2D eigenvalue weighted by Gasteiger charge is 2.24. The molecule has 0 bridgehead atoms. The molecule has 16 aromatic carbocycles. The first-order valence-corrected chi connectivity index (χ1v) is 39.9. The minimum Gasteiger partial charge on any atom is -0.309 e. The molecule has 0 fully saturated rings. The number of thiophene rings is 2. The van der Waals surface area contributed by atoms with Crippen LogP contribution in [-0.4, -0.2) is 48.2 Å². The lowest BCUT2D eigenvalue weighted by molar-refractivity contribution is 1.07. The molecule has 12 heteroatoms. The van der Waals surface area contributed by atoms with Crippen LogP contribution in [0.25, 0.3) is 219 Å². The summed E-state index contributed by atoms with van der Waals surface area (Å²) in [6.45, 7) is 0. The molecule has 0 unspecified atom stereocenters. The van der Waals surface area contributed by atoms with Crippen molar-refractivity contribution in [3.8, 4) is 91.1 Å². The zero-order valence-electron chi connectivity index (χ0n) is 61.1. The minimum atomic E-state index is 0.631. The zero-order chi connectivity index (χ0) is 74.9. The molecule has 8 heterocycles. The fourth-order valence-corrected chi connectivity index (χ4v) is 19.7. The zero-order valence-corrected chi connectivity index (χ0v) is 62.7. The predicted octanol–water partition coefficient (Wildman–Crippen LogP) is 26.9. The van der Waals surface area contributed by atoms with Gasteiger partial charge in [-0.1, -0.05) is 255 Å². The van der Waals surface area contributed by atoms with Gasteiger partial charge in [0, 0.05) is 140 Å². The molecule has 0 N–H and O–H groups in total. The Kier molecular flexibility index (Phi) is 15.1. The fourth-order valence-electron chi connectivity index (χ4n) is 17.2. The molecule has 0 radical (unpaired) electrons. The van der Waals surface area contributed by atoms with E-state index in [0.717, 1.165) is 78.2 Å². The summed E-state index contributed by atoms with van der Waals surface area (Å²) in [7, 11) is 0. The van der Waals surface area contributed by atoms with Crippen molar-refractivity contribution in [1.29, 1.82) is 0 Å². The topological polar surface area (TPSA) is 97.1 Å². The smallest absolute Gasteiger partial charge is 0.164 e. The highest BCUT2D eigenvalue weighted by Crippen LogP contribution is 2.47. The molecule has 0 saturated heterocycles. The van der Waals surface area contributed by atoms with Crippen LogP contribution in [-0.2, 0) is 0 Å². The number of para-hydroxylation sites is 4. The molecule has 0 spiro atoms. The van der Waals surface area contributed by atoms with Crippen LogP contribution in [0.3, 0.4) is 0 Å². The van der Waals surface area contributed by atoms with Crippen molar-refractivity contribution in [3.63, 3.8) is 0 Å². The quantitative estimate of drug-likeness (QED) is 0.135. The largest absolute Gasteiger partial charge is 0.309 e. The van der Waals surface area contributed by atoms with Crippen LogP contribution in [0, 0.1) is 0 Å². The maximum atomic E-state index is 5.03. The van der Waals surface area contributed by atoms with Crippen molar-refractivity contribution in [1.82, 2.24) is 48.2 Å². The van der Waals surface area contributed by atoms with E-state index in [0.29, 0.717) is 34.9 Å². The Bertz CT molecular complexity index is 7860. The molecule has 24 aromatic rings. The second kappa shape index (κ2) is 26.5. The summed E-state index contributed by atoms with van der Waals surface area (Å²) in [5.74, 6) is 3.86. The molecule has 8 aromatic heterocycles. The first kappa shape index (κ1) is 65.1. The highest BCUT2D eigenvalue weighted by molar-refractivity contribution is 7.27. The Labute approximate surface area is 661 Å². The number of hydrogen-bond donors (Lipinski definition) is 0.